The lowest BCUT2D eigenvalue weighted by Gasteiger charge is -2.24. The molecule has 3 atom stereocenters. The number of carbonyl (C=O) groups excluding carboxylic acids is 3. The molecule has 1 aromatic rings. The van der Waals surface area contributed by atoms with Crippen molar-refractivity contribution in [2.24, 2.45) is 5.92 Å². The van der Waals surface area contributed by atoms with E-state index in [-0.39, 0.29) is 18.2 Å². The first-order valence-corrected chi connectivity index (χ1v) is 8.10. The van der Waals surface area contributed by atoms with Crippen molar-refractivity contribution in [2.45, 2.75) is 45.7 Å². The molecule has 24 heavy (non-hydrogen) atoms. The van der Waals surface area contributed by atoms with Crippen molar-refractivity contribution in [3.8, 4) is 0 Å². The Morgan fingerprint density at radius 2 is 1.71 bits per heavy atom. The van der Waals surface area contributed by atoms with Gasteiger partial charge in [-0.05, 0) is 18.4 Å². The molecule has 0 saturated carbocycles. The Labute approximate surface area is 143 Å². The van der Waals surface area contributed by atoms with E-state index in [2.05, 4.69) is 10.6 Å². The molecule has 0 aliphatic heterocycles. The summed E-state index contributed by atoms with van der Waals surface area (Å²) in [4.78, 5) is 36.1. The zero-order valence-electron chi connectivity index (χ0n) is 14.7. The molecule has 0 bridgehead atoms. The summed E-state index contributed by atoms with van der Waals surface area (Å²) in [6.45, 7) is 5.38. The van der Waals surface area contributed by atoms with Crippen molar-refractivity contribution in [1.29, 1.82) is 0 Å². The molecule has 0 heterocycles. The summed E-state index contributed by atoms with van der Waals surface area (Å²) in [6.07, 6.45) is 0.916. The third-order valence-corrected chi connectivity index (χ3v) is 3.94. The van der Waals surface area contributed by atoms with Crippen LogP contribution >= 0.6 is 0 Å². The highest BCUT2D eigenvalue weighted by atomic mass is 16.5. The number of benzene rings is 1. The van der Waals surface area contributed by atoms with Crippen LogP contribution in [0.5, 0.6) is 0 Å². The second-order valence-corrected chi connectivity index (χ2v) is 5.85. The second kappa shape index (κ2) is 9.70. The highest BCUT2D eigenvalue weighted by molar-refractivity contribution is 5.91. The van der Waals surface area contributed by atoms with Gasteiger partial charge in [0.05, 0.1) is 13.5 Å². The molecular formula is C18H26N2O4. The maximum Gasteiger partial charge on any atom is 0.328 e. The summed E-state index contributed by atoms with van der Waals surface area (Å²) in [6, 6.07) is 7.82. The first-order chi connectivity index (χ1) is 11.4. The van der Waals surface area contributed by atoms with E-state index in [0.29, 0.717) is 0 Å². The molecule has 1 aromatic carbocycles. The molecule has 132 valence electrons. The maximum atomic E-state index is 12.2. The highest BCUT2D eigenvalue weighted by Crippen LogP contribution is 2.09. The van der Waals surface area contributed by atoms with Gasteiger partial charge < -0.3 is 15.4 Å². The number of esters is 1. The molecule has 2 amide bonds. The van der Waals surface area contributed by atoms with Crippen LogP contribution < -0.4 is 10.6 Å². The Morgan fingerprint density at radius 3 is 2.25 bits per heavy atom. The van der Waals surface area contributed by atoms with Crippen molar-refractivity contribution < 1.29 is 19.1 Å². The fourth-order valence-electron chi connectivity index (χ4n) is 2.21. The molecule has 0 aromatic heterocycles. The normalized spacial score (nSPS) is 14.2. The van der Waals surface area contributed by atoms with E-state index >= 15 is 0 Å². The molecule has 0 aliphatic rings. The van der Waals surface area contributed by atoms with Crippen molar-refractivity contribution in [2.75, 3.05) is 7.11 Å². The summed E-state index contributed by atoms with van der Waals surface area (Å²) in [7, 11) is 1.29. The Morgan fingerprint density at radius 1 is 1.08 bits per heavy atom. The van der Waals surface area contributed by atoms with Gasteiger partial charge in [0.2, 0.25) is 11.8 Å². The fourth-order valence-corrected chi connectivity index (χ4v) is 2.21. The van der Waals surface area contributed by atoms with Gasteiger partial charge in [0, 0.05) is 0 Å². The number of nitrogens with one attached hydrogen (secondary N) is 2. The molecule has 0 aliphatic carbocycles. The Hall–Kier alpha value is -2.37. The zero-order valence-corrected chi connectivity index (χ0v) is 14.7. The van der Waals surface area contributed by atoms with Gasteiger partial charge >= 0.3 is 5.97 Å². The van der Waals surface area contributed by atoms with E-state index in [0.717, 1.165) is 12.0 Å². The van der Waals surface area contributed by atoms with Crippen molar-refractivity contribution >= 4 is 17.8 Å². The number of ether oxygens (including phenoxy) is 1. The van der Waals surface area contributed by atoms with Crippen molar-refractivity contribution in [1.82, 2.24) is 10.6 Å². The smallest absolute Gasteiger partial charge is 0.328 e. The first-order valence-electron chi connectivity index (χ1n) is 8.10. The van der Waals surface area contributed by atoms with E-state index in [4.69, 9.17) is 4.74 Å². The molecule has 0 unspecified atom stereocenters. The predicted octanol–water partition coefficient (Wildman–Crippen LogP) is 1.44. The average molecular weight is 334 g/mol. The quantitative estimate of drug-likeness (QED) is 0.705. The molecule has 0 radical (unpaired) electrons. The largest absolute Gasteiger partial charge is 0.467 e. The fraction of sp³-hybridized carbons (Fsp3) is 0.500. The third kappa shape index (κ3) is 6.02. The zero-order chi connectivity index (χ0) is 18.1. The molecular weight excluding hydrogens is 308 g/mol. The molecule has 0 fully saturated rings. The van der Waals surface area contributed by atoms with Crippen LogP contribution in [-0.4, -0.2) is 37.0 Å². The van der Waals surface area contributed by atoms with Crippen LogP contribution in [0.2, 0.25) is 0 Å². The highest BCUT2D eigenvalue weighted by Gasteiger charge is 2.28. The summed E-state index contributed by atoms with van der Waals surface area (Å²) in [5.74, 6) is -1.21. The van der Waals surface area contributed by atoms with Gasteiger partial charge in [-0.25, -0.2) is 4.79 Å². The minimum absolute atomic E-state index is 0.0615. The van der Waals surface area contributed by atoms with Gasteiger partial charge in [0.1, 0.15) is 12.1 Å². The van der Waals surface area contributed by atoms with Crippen LogP contribution in [0, 0.1) is 5.92 Å². The van der Waals surface area contributed by atoms with Crippen LogP contribution in [0.3, 0.4) is 0 Å². The topological polar surface area (TPSA) is 84.5 Å². The number of carbonyl (C=O) groups is 3. The molecule has 0 spiro atoms. The number of hydrogen-bond donors (Lipinski definition) is 2. The summed E-state index contributed by atoms with van der Waals surface area (Å²) in [5, 5.41) is 5.30. The van der Waals surface area contributed by atoms with Crippen LogP contribution in [0.1, 0.15) is 32.8 Å². The average Bonchev–Trinajstić information content (AvgIpc) is 2.58. The van der Waals surface area contributed by atoms with Crippen LogP contribution in [0.4, 0.5) is 0 Å². The number of hydrogen-bond acceptors (Lipinski definition) is 4. The number of amides is 2. The van der Waals surface area contributed by atoms with E-state index in [1.807, 2.05) is 44.2 Å². The van der Waals surface area contributed by atoms with Crippen molar-refractivity contribution in [3.05, 3.63) is 35.9 Å². The van der Waals surface area contributed by atoms with Gasteiger partial charge in [-0.15, -0.1) is 0 Å². The molecule has 2 N–H and O–H groups in total. The summed E-state index contributed by atoms with van der Waals surface area (Å²) in [5.41, 5.74) is 0.870. The number of rotatable bonds is 8. The lowest BCUT2D eigenvalue weighted by Crippen LogP contribution is -2.52. The monoisotopic (exact) mass is 334 g/mol. The van der Waals surface area contributed by atoms with Crippen LogP contribution in [0.15, 0.2) is 30.3 Å². The third-order valence-electron chi connectivity index (χ3n) is 3.94. The Bertz CT molecular complexity index is 559. The van der Waals surface area contributed by atoms with Crippen LogP contribution in [-0.2, 0) is 25.5 Å². The van der Waals surface area contributed by atoms with Crippen LogP contribution in [0.25, 0.3) is 0 Å². The van der Waals surface area contributed by atoms with E-state index in [1.165, 1.54) is 7.11 Å². The first kappa shape index (κ1) is 19.7. The molecule has 6 nitrogen and oxygen atoms in total. The lowest BCUT2D eigenvalue weighted by atomic mass is 9.99. The van der Waals surface area contributed by atoms with Gasteiger partial charge in [0.25, 0.3) is 0 Å². The van der Waals surface area contributed by atoms with E-state index in [9.17, 15) is 14.4 Å². The Balaban J connectivity index is 2.59. The van der Waals surface area contributed by atoms with Gasteiger partial charge in [-0.2, -0.15) is 0 Å². The van der Waals surface area contributed by atoms with Crippen molar-refractivity contribution in [3.63, 3.8) is 0 Å². The lowest BCUT2D eigenvalue weighted by molar-refractivity contribution is -0.146. The van der Waals surface area contributed by atoms with Gasteiger partial charge in [-0.1, -0.05) is 50.6 Å². The maximum absolute atomic E-state index is 12.2. The summed E-state index contributed by atoms with van der Waals surface area (Å²) >= 11 is 0. The molecule has 6 heteroatoms. The predicted molar refractivity (Wildman–Crippen MR) is 91.2 cm³/mol. The summed E-state index contributed by atoms with van der Waals surface area (Å²) < 4.78 is 4.74. The van der Waals surface area contributed by atoms with E-state index < -0.39 is 24.0 Å². The standard InChI is InChI=1S/C18H26N2O4/c1-5-12(2)16(18(23)24-4)20-17(22)13(3)19-15(21)11-14-9-7-6-8-10-14/h6-10,12-13,16H,5,11H2,1-4H3,(H,19,21)(H,20,22)/t12-,13-,16-/m0/s1. The Kier molecular flexibility index (Phi) is 7.95. The minimum Gasteiger partial charge on any atom is -0.467 e. The SMILES string of the molecule is CC[C@H](C)[C@H](NC(=O)[C@H](C)NC(=O)Cc1ccccc1)C(=O)OC. The molecule has 1 rings (SSSR count). The number of methoxy groups -OCH3 is 1. The molecule has 0 saturated heterocycles. The van der Waals surface area contributed by atoms with E-state index in [1.54, 1.807) is 6.92 Å². The minimum atomic E-state index is -0.738. The second-order valence-electron chi connectivity index (χ2n) is 5.85. The van der Waals surface area contributed by atoms with Gasteiger partial charge in [0.15, 0.2) is 0 Å². The van der Waals surface area contributed by atoms with Gasteiger partial charge in [-0.3, -0.25) is 9.59 Å².